The number of hydrogen-bond donors (Lipinski definition) is 1. The van der Waals surface area contributed by atoms with Gasteiger partial charge in [0, 0.05) is 43.6 Å². The number of aryl methyl sites for hydroxylation is 1. The summed E-state index contributed by atoms with van der Waals surface area (Å²) >= 11 is 0. The second-order valence-electron chi connectivity index (χ2n) is 8.71. The lowest BCUT2D eigenvalue weighted by Gasteiger charge is -2.35. The summed E-state index contributed by atoms with van der Waals surface area (Å²) in [4.78, 5) is 17.9. The lowest BCUT2D eigenvalue weighted by Crippen LogP contribution is -2.44. The number of rotatable bonds is 4. The number of aromatic nitrogens is 1. The Balaban J connectivity index is 1.55. The third kappa shape index (κ3) is 4.20. The van der Waals surface area contributed by atoms with Gasteiger partial charge in [-0.2, -0.15) is 0 Å². The molecule has 0 unspecified atom stereocenters. The van der Waals surface area contributed by atoms with Crippen LogP contribution < -0.4 is 10.2 Å². The molecule has 29 heavy (non-hydrogen) atoms. The molecule has 1 N–H and O–H groups in total. The third-order valence-corrected chi connectivity index (χ3v) is 6.67. The normalized spacial score (nSPS) is 18.8. The van der Waals surface area contributed by atoms with Crippen molar-refractivity contribution >= 4 is 17.3 Å². The number of para-hydroxylation sites is 2. The van der Waals surface area contributed by atoms with Crippen LogP contribution in [0, 0.1) is 13.8 Å². The van der Waals surface area contributed by atoms with Gasteiger partial charge in [0.05, 0.1) is 16.9 Å². The summed E-state index contributed by atoms with van der Waals surface area (Å²) in [6.07, 6.45) is 6.38. The summed E-state index contributed by atoms with van der Waals surface area (Å²) < 4.78 is 2.40. The summed E-state index contributed by atoms with van der Waals surface area (Å²) in [5.41, 5.74) is 5.14. The van der Waals surface area contributed by atoms with Crippen LogP contribution in [0.4, 0.5) is 11.4 Å². The first-order valence-corrected chi connectivity index (χ1v) is 11.1. The Hall–Kier alpha value is -2.27. The van der Waals surface area contributed by atoms with Crippen LogP contribution in [-0.4, -0.2) is 48.6 Å². The highest BCUT2D eigenvalue weighted by atomic mass is 16.1. The number of amides is 1. The van der Waals surface area contributed by atoms with Gasteiger partial charge in [0.15, 0.2) is 0 Å². The maximum Gasteiger partial charge on any atom is 0.257 e. The molecule has 4 rings (SSSR count). The summed E-state index contributed by atoms with van der Waals surface area (Å²) in [7, 11) is 2.16. The Kier molecular flexibility index (Phi) is 5.95. The zero-order valence-electron chi connectivity index (χ0n) is 18.1. The smallest absolute Gasteiger partial charge is 0.257 e. The first kappa shape index (κ1) is 20.0. The van der Waals surface area contributed by atoms with Gasteiger partial charge < -0.3 is 19.7 Å². The quantitative estimate of drug-likeness (QED) is 0.823. The Labute approximate surface area is 174 Å². The lowest BCUT2D eigenvalue weighted by atomic mass is 9.95. The molecule has 0 atom stereocenters. The molecule has 5 nitrogen and oxygen atoms in total. The van der Waals surface area contributed by atoms with Crippen molar-refractivity contribution in [3.63, 3.8) is 0 Å². The topological polar surface area (TPSA) is 40.5 Å². The van der Waals surface area contributed by atoms with Gasteiger partial charge in [0.1, 0.15) is 0 Å². The molecule has 2 aromatic rings. The van der Waals surface area contributed by atoms with Gasteiger partial charge in [0.2, 0.25) is 0 Å². The van der Waals surface area contributed by atoms with Crippen LogP contribution >= 0.6 is 0 Å². The molecular weight excluding hydrogens is 360 g/mol. The van der Waals surface area contributed by atoms with Crippen LogP contribution in [0.1, 0.15) is 59.9 Å². The Bertz CT molecular complexity index is 858. The van der Waals surface area contributed by atoms with E-state index in [1.54, 1.807) is 0 Å². The fraction of sp³-hybridized carbons (Fsp3) is 0.542. The minimum atomic E-state index is 0.00161. The molecule has 1 amide bonds. The van der Waals surface area contributed by atoms with Gasteiger partial charge in [-0.05, 0) is 51.9 Å². The van der Waals surface area contributed by atoms with Gasteiger partial charge in [-0.1, -0.05) is 31.4 Å². The fourth-order valence-corrected chi connectivity index (χ4v) is 5.00. The first-order valence-electron chi connectivity index (χ1n) is 11.1. The Morgan fingerprint density at radius 1 is 1.00 bits per heavy atom. The summed E-state index contributed by atoms with van der Waals surface area (Å²) in [5, 5.41) is 3.21. The fourth-order valence-electron chi connectivity index (χ4n) is 5.00. The van der Waals surface area contributed by atoms with Crippen LogP contribution in [-0.2, 0) is 0 Å². The average Bonchev–Trinajstić information content (AvgIpc) is 3.04. The van der Waals surface area contributed by atoms with Crippen LogP contribution in [0.3, 0.4) is 0 Å². The number of benzene rings is 1. The Morgan fingerprint density at radius 2 is 1.69 bits per heavy atom. The largest absolute Gasteiger partial charge is 0.367 e. The van der Waals surface area contributed by atoms with E-state index in [1.165, 1.54) is 37.8 Å². The van der Waals surface area contributed by atoms with Gasteiger partial charge in [-0.25, -0.2) is 0 Å². The molecule has 1 aliphatic carbocycles. The molecule has 2 aliphatic rings. The second kappa shape index (κ2) is 8.62. The molecule has 1 aromatic carbocycles. The van der Waals surface area contributed by atoms with Gasteiger partial charge in [-0.3, -0.25) is 4.79 Å². The Morgan fingerprint density at radius 3 is 2.41 bits per heavy atom. The summed E-state index contributed by atoms with van der Waals surface area (Å²) in [5.74, 6) is 0.00161. The third-order valence-electron chi connectivity index (χ3n) is 6.67. The molecule has 0 spiro atoms. The van der Waals surface area contributed by atoms with Crippen molar-refractivity contribution in [1.82, 2.24) is 9.47 Å². The number of carbonyl (C=O) groups is 1. The van der Waals surface area contributed by atoms with Crippen molar-refractivity contribution < 1.29 is 4.79 Å². The van der Waals surface area contributed by atoms with Gasteiger partial charge in [0.25, 0.3) is 5.91 Å². The van der Waals surface area contributed by atoms with Crippen LogP contribution in [0.25, 0.3) is 0 Å². The number of piperazine rings is 1. The maximum absolute atomic E-state index is 13.2. The predicted octanol–water partition coefficient (Wildman–Crippen LogP) is 4.61. The highest BCUT2D eigenvalue weighted by Gasteiger charge is 2.24. The molecule has 156 valence electrons. The van der Waals surface area contributed by atoms with E-state index in [0.29, 0.717) is 6.04 Å². The molecule has 0 radical (unpaired) electrons. The zero-order chi connectivity index (χ0) is 20.4. The van der Waals surface area contributed by atoms with Gasteiger partial charge in [-0.15, -0.1) is 0 Å². The summed E-state index contributed by atoms with van der Waals surface area (Å²) in [6.45, 7) is 8.30. The standard InChI is InChI=1S/C24H34N4O/c1-18-17-21(19(2)28(18)20-9-5-4-6-10-20)24(29)25-22-11-7-8-12-23(22)27-15-13-26(3)14-16-27/h7-8,11-12,17,20H,4-6,9-10,13-16H2,1-3H3,(H,25,29). The van der Waals surface area contributed by atoms with E-state index in [-0.39, 0.29) is 5.91 Å². The molecule has 2 heterocycles. The number of likely N-dealkylation sites (N-methyl/N-ethyl adjacent to an activating group) is 1. The minimum Gasteiger partial charge on any atom is -0.367 e. The number of nitrogens with one attached hydrogen (secondary N) is 1. The van der Waals surface area contributed by atoms with Gasteiger partial charge >= 0.3 is 0 Å². The molecule has 1 saturated heterocycles. The minimum absolute atomic E-state index is 0.00161. The van der Waals surface area contributed by atoms with E-state index in [9.17, 15) is 4.79 Å². The van der Waals surface area contributed by atoms with E-state index in [2.05, 4.69) is 58.8 Å². The average molecular weight is 395 g/mol. The van der Waals surface area contributed by atoms with E-state index in [1.807, 2.05) is 12.1 Å². The maximum atomic E-state index is 13.2. The lowest BCUT2D eigenvalue weighted by molar-refractivity contribution is 0.102. The van der Waals surface area contributed by atoms with Crippen LogP contribution in [0.2, 0.25) is 0 Å². The molecule has 1 saturated carbocycles. The van der Waals surface area contributed by atoms with Crippen molar-refractivity contribution in [2.24, 2.45) is 0 Å². The van der Waals surface area contributed by atoms with Crippen molar-refractivity contribution in [3.8, 4) is 0 Å². The highest BCUT2D eigenvalue weighted by Crippen LogP contribution is 2.33. The molecule has 0 bridgehead atoms. The summed E-state index contributed by atoms with van der Waals surface area (Å²) in [6, 6.07) is 10.8. The van der Waals surface area contributed by atoms with E-state index in [4.69, 9.17) is 0 Å². The molecule has 5 heteroatoms. The van der Waals surface area contributed by atoms with Crippen molar-refractivity contribution in [2.75, 3.05) is 43.4 Å². The number of hydrogen-bond acceptors (Lipinski definition) is 3. The molecular formula is C24H34N4O. The monoisotopic (exact) mass is 394 g/mol. The predicted molar refractivity (Wildman–Crippen MR) is 120 cm³/mol. The molecule has 1 aliphatic heterocycles. The molecule has 1 aromatic heterocycles. The SMILES string of the molecule is Cc1cc(C(=O)Nc2ccccc2N2CCN(C)CC2)c(C)n1C1CCCCC1. The van der Waals surface area contributed by atoms with Crippen molar-refractivity contribution in [1.29, 1.82) is 0 Å². The number of nitrogens with zero attached hydrogens (tertiary/aromatic N) is 3. The van der Waals surface area contributed by atoms with E-state index >= 15 is 0 Å². The first-order chi connectivity index (χ1) is 14.0. The van der Waals surface area contributed by atoms with E-state index < -0.39 is 0 Å². The van der Waals surface area contributed by atoms with Crippen molar-refractivity contribution in [2.45, 2.75) is 52.0 Å². The number of carbonyl (C=O) groups excluding carboxylic acids is 1. The number of anilines is 2. The van der Waals surface area contributed by atoms with Crippen LogP contribution in [0.15, 0.2) is 30.3 Å². The van der Waals surface area contributed by atoms with Crippen molar-refractivity contribution in [3.05, 3.63) is 47.3 Å². The molecule has 2 fully saturated rings. The van der Waals surface area contributed by atoms with E-state index in [0.717, 1.165) is 48.8 Å². The van der Waals surface area contributed by atoms with Crippen LogP contribution in [0.5, 0.6) is 0 Å². The zero-order valence-corrected chi connectivity index (χ0v) is 18.1. The second-order valence-corrected chi connectivity index (χ2v) is 8.71. The highest BCUT2D eigenvalue weighted by molar-refractivity contribution is 6.07.